The van der Waals surface area contributed by atoms with Gasteiger partial charge in [-0.15, -0.1) is 10.2 Å². The van der Waals surface area contributed by atoms with E-state index in [2.05, 4.69) is 10.2 Å². The highest BCUT2D eigenvalue weighted by molar-refractivity contribution is 8.01. The molecule has 0 aliphatic carbocycles. The number of hydrogen-bond donors (Lipinski definition) is 1. The van der Waals surface area contributed by atoms with Gasteiger partial charge in [0.25, 0.3) is 0 Å². The molecule has 78 valence electrons. The Morgan fingerprint density at radius 1 is 1.33 bits per heavy atom. The number of aliphatic hydroxyl groups is 1. The lowest BCUT2D eigenvalue weighted by Crippen LogP contribution is -1.99. The molecule has 0 fully saturated rings. The van der Waals surface area contributed by atoms with Crippen molar-refractivity contribution in [2.24, 2.45) is 0 Å². The highest BCUT2D eigenvalue weighted by Crippen LogP contribution is 2.25. The second-order valence-corrected chi connectivity index (χ2v) is 5.04. The van der Waals surface area contributed by atoms with E-state index >= 15 is 0 Å². The lowest BCUT2D eigenvalue weighted by Gasteiger charge is -2.08. The van der Waals surface area contributed by atoms with E-state index in [1.165, 1.54) is 23.1 Å². The van der Waals surface area contributed by atoms with Gasteiger partial charge in [0.2, 0.25) is 0 Å². The summed E-state index contributed by atoms with van der Waals surface area (Å²) < 4.78 is 0.894. The Bertz CT molecular complexity index is 391. The largest absolute Gasteiger partial charge is 0.388 e. The lowest BCUT2D eigenvalue weighted by molar-refractivity contribution is 0.204. The first-order chi connectivity index (χ1) is 7.36. The second-order valence-electron chi connectivity index (χ2n) is 2.94. The smallest absolute Gasteiger partial charge is 0.174 e. The predicted molar refractivity (Wildman–Crippen MR) is 62.0 cm³/mol. The fourth-order valence-corrected chi connectivity index (χ4v) is 2.63. The van der Waals surface area contributed by atoms with Gasteiger partial charge in [0.15, 0.2) is 4.34 Å². The molecule has 1 unspecified atom stereocenters. The summed E-state index contributed by atoms with van der Waals surface area (Å²) in [6.07, 6.45) is -0.444. The Morgan fingerprint density at radius 3 is 2.80 bits per heavy atom. The molecule has 1 aromatic heterocycles. The van der Waals surface area contributed by atoms with Gasteiger partial charge in [0.1, 0.15) is 5.51 Å². The molecule has 0 spiro atoms. The van der Waals surface area contributed by atoms with Gasteiger partial charge < -0.3 is 5.11 Å². The molecule has 15 heavy (non-hydrogen) atoms. The molecule has 0 saturated heterocycles. The maximum Gasteiger partial charge on any atom is 0.174 e. The normalized spacial score (nSPS) is 12.6. The van der Waals surface area contributed by atoms with Crippen LogP contribution in [0.1, 0.15) is 11.7 Å². The van der Waals surface area contributed by atoms with E-state index in [0.717, 1.165) is 9.90 Å². The summed E-state index contributed by atoms with van der Waals surface area (Å²) in [4.78, 5) is 0. The molecule has 1 atom stereocenters. The highest BCUT2D eigenvalue weighted by Gasteiger charge is 2.08. The number of rotatable bonds is 4. The Kier molecular flexibility index (Phi) is 3.71. The maximum absolute atomic E-state index is 9.85. The van der Waals surface area contributed by atoms with Crippen LogP contribution in [0.5, 0.6) is 0 Å². The Balaban J connectivity index is 1.90. The van der Waals surface area contributed by atoms with Crippen LogP contribution in [0.3, 0.4) is 0 Å². The summed E-state index contributed by atoms with van der Waals surface area (Å²) in [7, 11) is 0. The van der Waals surface area contributed by atoms with Crippen LogP contribution in [0.15, 0.2) is 40.2 Å². The minimum absolute atomic E-state index is 0.444. The van der Waals surface area contributed by atoms with Crippen LogP contribution in [0, 0.1) is 0 Å². The van der Waals surface area contributed by atoms with Crippen LogP contribution in [0.4, 0.5) is 0 Å². The first kappa shape index (κ1) is 10.6. The summed E-state index contributed by atoms with van der Waals surface area (Å²) in [5.74, 6) is 0.610. The summed E-state index contributed by atoms with van der Waals surface area (Å²) in [6.45, 7) is 0. The Hall–Kier alpha value is -0.910. The molecule has 0 aliphatic heterocycles. The van der Waals surface area contributed by atoms with Crippen LogP contribution in [0.25, 0.3) is 0 Å². The first-order valence-electron chi connectivity index (χ1n) is 4.48. The van der Waals surface area contributed by atoms with Gasteiger partial charge in [0, 0.05) is 5.75 Å². The van der Waals surface area contributed by atoms with Crippen molar-refractivity contribution in [1.82, 2.24) is 10.2 Å². The monoisotopic (exact) mass is 238 g/mol. The van der Waals surface area contributed by atoms with Crippen molar-refractivity contribution in [3.8, 4) is 0 Å². The van der Waals surface area contributed by atoms with Gasteiger partial charge in [-0.05, 0) is 5.56 Å². The molecule has 1 heterocycles. The SMILES string of the molecule is OC(CSc1nncs1)c1ccccc1. The Labute approximate surface area is 96.2 Å². The van der Waals surface area contributed by atoms with E-state index in [1.54, 1.807) is 5.51 Å². The van der Waals surface area contributed by atoms with E-state index in [4.69, 9.17) is 0 Å². The first-order valence-corrected chi connectivity index (χ1v) is 6.35. The topological polar surface area (TPSA) is 46.0 Å². The fraction of sp³-hybridized carbons (Fsp3) is 0.200. The van der Waals surface area contributed by atoms with E-state index < -0.39 is 6.10 Å². The molecular formula is C10H10N2OS2. The number of aliphatic hydroxyl groups excluding tert-OH is 1. The molecular weight excluding hydrogens is 228 g/mol. The summed E-state index contributed by atoms with van der Waals surface area (Å²) in [5, 5.41) is 17.5. The number of aromatic nitrogens is 2. The minimum Gasteiger partial charge on any atom is -0.388 e. The van der Waals surface area contributed by atoms with Crippen LogP contribution in [-0.4, -0.2) is 21.1 Å². The van der Waals surface area contributed by atoms with Gasteiger partial charge >= 0.3 is 0 Å². The number of nitrogens with zero attached hydrogens (tertiary/aromatic N) is 2. The van der Waals surface area contributed by atoms with E-state index in [0.29, 0.717) is 5.75 Å². The molecule has 1 aromatic carbocycles. The summed E-state index contributed by atoms with van der Waals surface area (Å²) in [5.41, 5.74) is 2.63. The van der Waals surface area contributed by atoms with Crippen LogP contribution in [0.2, 0.25) is 0 Å². The van der Waals surface area contributed by atoms with Crippen molar-refractivity contribution in [1.29, 1.82) is 0 Å². The van der Waals surface area contributed by atoms with Crippen LogP contribution < -0.4 is 0 Å². The predicted octanol–water partition coefficient (Wildman–Crippen LogP) is 2.36. The van der Waals surface area contributed by atoms with Crippen molar-refractivity contribution in [2.75, 3.05) is 5.75 Å². The van der Waals surface area contributed by atoms with Crippen molar-refractivity contribution in [2.45, 2.75) is 10.4 Å². The molecule has 0 radical (unpaired) electrons. The van der Waals surface area contributed by atoms with Crippen molar-refractivity contribution in [3.05, 3.63) is 41.4 Å². The maximum atomic E-state index is 9.85. The second kappa shape index (κ2) is 5.25. The third-order valence-corrected chi connectivity index (χ3v) is 3.83. The van der Waals surface area contributed by atoms with Gasteiger partial charge in [0.05, 0.1) is 6.10 Å². The molecule has 2 rings (SSSR count). The molecule has 1 N–H and O–H groups in total. The zero-order chi connectivity index (χ0) is 10.5. The minimum atomic E-state index is -0.444. The highest BCUT2D eigenvalue weighted by atomic mass is 32.2. The average Bonchev–Trinajstić information content (AvgIpc) is 2.80. The number of benzene rings is 1. The van der Waals surface area contributed by atoms with Crippen LogP contribution >= 0.6 is 23.1 Å². The summed E-state index contributed by atoms with van der Waals surface area (Å²) >= 11 is 3.01. The molecule has 2 aromatic rings. The van der Waals surface area contributed by atoms with Crippen molar-refractivity contribution >= 4 is 23.1 Å². The quantitative estimate of drug-likeness (QED) is 0.831. The van der Waals surface area contributed by atoms with Gasteiger partial charge in [-0.1, -0.05) is 53.4 Å². The van der Waals surface area contributed by atoms with Gasteiger partial charge in [-0.3, -0.25) is 0 Å². The van der Waals surface area contributed by atoms with E-state index in [9.17, 15) is 5.11 Å². The number of thioether (sulfide) groups is 1. The van der Waals surface area contributed by atoms with Gasteiger partial charge in [-0.25, -0.2) is 0 Å². The van der Waals surface area contributed by atoms with Gasteiger partial charge in [-0.2, -0.15) is 0 Å². The molecule has 5 heteroatoms. The zero-order valence-electron chi connectivity index (χ0n) is 7.91. The fourth-order valence-electron chi connectivity index (χ4n) is 1.15. The lowest BCUT2D eigenvalue weighted by atomic mass is 10.1. The molecule has 0 aliphatic rings. The third kappa shape index (κ3) is 3.02. The van der Waals surface area contributed by atoms with E-state index in [1.807, 2.05) is 30.3 Å². The number of hydrogen-bond acceptors (Lipinski definition) is 5. The van der Waals surface area contributed by atoms with Crippen LogP contribution in [-0.2, 0) is 0 Å². The zero-order valence-corrected chi connectivity index (χ0v) is 9.54. The standard InChI is InChI=1S/C10H10N2OS2/c13-9(8-4-2-1-3-5-8)6-14-10-12-11-7-15-10/h1-5,7,9,13H,6H2. The van der Waals surface area contributed by atoms with E-state index in [-0.39, 0.29) is 0 Å². The van der Waals surface area contributed by atoms with Crippen molar-refractivity contribution < 1.29 is 5.11 Å². The summed E-state index contributed by atoms with van der Waals surface area (Å²) in [6, 6.07) is 9.63. The third-order valence-electron chi connectivity index (χ3n) is 1.89. The molecule has 0 bridgehead atoms. The molecule has 0 amide bonds. The average molecular weight is 238 g/mol. The van der Waals surface area contributed by atoms with Crippen molar-refractivity contribution in [3.63, 3.8) is 0 Å². The molecule has 0 saturated carbocycles. The molecule has 3 nitrogen and oxygen atoms in total. The Morgan fingerprint density at radius 2 is 2.13 bits per heavy atom.